The molecule has 102 valence electrons. The fourth-order valence-electron chi connectivity index (χ4n) is 2.00. The van der Waals surface area contributed by atoms with Gasteiger partial charge in [0.25, 0.3) is 5.91 Å². The van der Waals surface area contributed by atoms with Crippen LogP contribution in [0.2, 0.25) is 0 Å². The van der Waals surface area contributed by atoms with Crippen LogP contribution in [-0.4, -0.2) is 47.9 Å². The standard InChI is InChI=1S/C13H18N4O2/c1-2-14-11-8-10(4-6-15-11)13(19)17-7-3-5-16-12(18)9-17/h4,6,8H,2-3,5,7,9H2,1H3,(H,14,15)(H,16,18). The summed E-state index contributed by atoms with van der Waals surface area (Å²) in [4.78, 5) is 29.5. The maximum atomic E-state index is 12.3. The molecule has 0 aliphatic carbocycles. The summed E-state index contributed by atoms with van der Waals surface area (Å²) in [6.45, 7) is 4.06. The van der Waals surface area contributed by atoms with Crippen molar-refractivity contribution in [3.8, 4) is 0 Å². The van der Waals surface area contributed by atoms with Crippen LogP contribution >= 0.6 is 0 Å². The third-order valence-corrected chi connectivity index (χ3v) is 2.91. The van der Waals surface area contributed by atoms with E-state index in [0.717, 1.165) is 13.0 Å². The van der Waals surface area contributed by atoms with Gasteiger partial charge in [-0.15, -0.1) is 0 Å². The van der Waals surface area contributed by atoms with Gasteiger partial charge in [0.2, 0.25) is 5.91 Å². The Morgan fingerprint density at radius 3 is 3.21 bits per heavy atom. The van der Waals surface area contributed by atoms with Gasteiger partial charge in [0.1, 0.15) is 5.82 Å². The van der Waals surface area contributed by atoms with Crippen molar-refractivity contribution in [3.05, 3.63) is 23.9 Å². The summed E-state index contributed by atoms with van der Waals surface area (Å²) < 4.78 is 0. The molecule has 6 nitrogen and oxygen atoms in total. The molecule has 1 aromatic rings. The largest absolute Gasteiger partial charge is 0.370 e. The molecule has 6 heteroatoms. The van der Waals surface area contributed by atoms with Crippen molar-refractivity contribution >= 4 is 17.6 Å². The first-order chi connectivity index (χ1) is 9.20. The number of rotatable bonds is 3. The van der Waals surface area contributed by atoms with E-state index in [9.17, 15) is 9.59 Å². The summed E-state index contributed by atoms with van der Waals surface area (Å²) in [5.41, 5.74) is 0.556. The Morgan fingerprint density at radius 1 is 1.58 bits per heavy atom. The minimum atomic E-state index is -0.126. The van der Waals surface area contributed by atoms with Gasteiger partial charge in [0.05, 0.1) is 6.54 Å². The van der Waals surface area contributed by atoms with E-state index in [0.29, 0.717) is 24.5 Å². The number of amides is 2. The second kappa shape index (κ2) is 6.17. The summed E-state index contributed by atoms with van der Waals surface area (Å²) in [7, 11) is 0. The zero-order chi connectivity index (χ0) is 13.7. The van der Waals surface area contributed by atoms with Gasteiger partial charge in [-0.2, -0.15) is 0 Å². The van der Waals surface area contributed by atoms with Crippen LogP contribution in [0.3, 0.4) is 0 Å². The highest BCUT2D eigenvalue weighted by atomic mass is 16.2. The van der Waals surface area contributed by atoms with Gasteiger partial charge < -0.3 is 15.5 Å². The van der Waals surface area contributed by atoms with Crippen LogP contribution in [0, 0.1) is 0 Å². The number of nitrogens with one attached hydrogen (secondary N) is 2. The van der Waals surface area contributed by atoms with Crippen LogP contribution in [0.1, 0.15) is 23.7 Å². The van der Waals surface area contributed by atoms with Crippen molar-refractivity contribution in [2.75, 3.05) is 31.5 Å². The Hall–Kier alpha value is -2.11. The summed E-state index contributed by atoms with van der Waals surface area (Å²) >= 11 is 0. The topological polar surface area (TPSA) is 74.3 Å². The molecule has 2 heterocycles. The maximum absolute atomic E-state index is 12.3. The number of carbonyl (C=O) groups excluding carboxylic acids is 2. The van der Waals surface area contributed by atoms with Crippen molar-refractivity contribution in [2.24, 2.45) is 0 Å². The molecule has 0 atom stereocenters. The van der Waals surface area contributed by atoms with E-state index in [1.165, 1.54) is 0 Å². The molecule has 2 N–H and O–H groups in total. The summed E-state index contributed by atoms with van der Waals surface area (Å²) in [5, 5.41) is 5.82. The smallest absolute Gasteiger partial charge is 0.254 e. The molecule has 1 saturated heterocycles. The van der Waals surface area contributed by atoms with Crippen LogP contribution in [0.25, 0.3) is 0 Å². The van der Waals surface area contributed by atoms with Gasteiger partial charge in [-0.1, -0.05) is 0 Å². The molecule has 1 aromatic heterocycles. The summed E-state index contributed by atoms with van der Waals surface area (Å²) in [5.74, 6) is 0.443. The van der Waals surface area contributed by atoms with Gasteiger partial charge in [-0.05, 0) is 25.5 Å². The fraction of sp³-hybridized carbons (Fsp3) is 0.462. The molecule has 2 amide bonds. The first-order valence-electron chi connectivity index (χ1n) is 6.46. The van der Waals surface area contributed by atoms with Crippen LogP contribution in [-0.2, 0) is 4.79 Å². The van der Waals surface area contributed by atoms with Crippen LogP contribution in [0.5, 0.6) is 0 Å². The normalized spacial score (nSPS) is 15.6. The quantitative estimate of drug-likeness (QED) is 0.830. The van der Waals surface area contributed by atoms with Crippen molar-refractivity contribution in [3.63, 3.8) is 0 Å². The molecular weight excluding hydrogens is 244 g/mol. The molecule has 19 heavy (non-hydrogen) atoms. The van der Waals surface area contributed by atoms with E-state index in [2.05, 4.69) is 15.6 Å². The number of hydrogen-bond acceptors (Lipinski definition) is 4. The summed E-state index contributed by atoms with van der Waals surface area (Å²) in [6, 6.07) is 3.39. The Morgan fingerprint density at radius 2 is 2.42 bits per heavy atom. The highest BCUT2D eigenvalue weighted by Gasteiger charge is 2.21. The van der Waals surface area contributed by atoms with Crippen LogP contribution in [0.15, 0.2) is 18.3 Å². The Kier molecular flexibility index (Phi) is 4.33. The Bertz CT molecular complexity index is 475. The van der Waals surface area contributed by atoms with Crippen molar-refractivity contribution in [1.82, 2.24) is 15.2 Å². The van der Waals surface area contributed by atoms with E-state index in [1.54, 1.807) is 23.2 Å². The van der Waals surface area contributed by atoms with Crippen molar-refractivity contribution < 1.29 is 9.59 Å². The molecule has 0 unspecified atom stereocenters. The number of nitrogens with zero attached hydrogens (tertiary/aromatic N) is 2. The first kappa shape index (κ1) is 13.3. The predicted octanol–water partition coefficient (Wildman–Crippen LogP) is 0.475. The number of pyridine rings is 1. The Balaban J connectivity index is 2.13. The highest BCUT2D eigenvalue weighted by Crippen LogP contribution is 2.10. The number of aromatic nitrogens is 1. The van der Waals surface area contributed by atoms with Gasteiger partial charge >= 0.3 is 0 Å². The third-order valence-electron chi connectivity index (χ3n) is 2.91. The molecule has 0 aromatic carbocycles. The molecule has 1 aliphatic rings. The highest BCUT2D eigenvalue weighted by molar-refractivity contribution is 5.97. The number of carbonyl (C=O) groups is 2. The van der Waals surface area contributed by atoms with E-state index >= 15 is 0 Å². The average molecular weight is 262 g/mol. The molecule has 2 rings (SSSR count). The van der Waals surface area contributed by atoms with E-state index in [1.807, 2.05) is 6.92 Å². The van der Waals surface area contributed by atoms with E-state index < -0.39 is 0 Å². The van der Waals surface area contributed by atoms with Gasteiger partial charge in [-0.25, -0.2) is 4.98 Å². The van der Waals surface area contributed by atoms with Crippen LogP contribution in [0.4, 0.5) is 5.82 Å². The van der Waals surface area contributed by atoms with Crippen LogP contribution < -0.4 is 10.6 Å². The first-order valence-corrected chi connectivity index (χ1v) is 6.46. The molecule has 0 spiro atoms. The lowest BCUT2D eigenvalue weighted by Gasteiger charge is -2.19. The zero-order valence-corrected chi connectivity index (χ0v) is 11.0. The lowest BCUT2D eigenvalue weighted by Crippen LogP contribution is -2.37. The van der Waals surface area contributed by atoms with E-state index in [-0.39, 0.29) is 18.4 Å². The molecule has 0 saturated carbocycles. The van der Waals surface area contributed by atoms with Gasteiger partial charge in [0.15, 0.2) is 0 Å². The monoisotopic (exact) mass is 262 g/mol. The second-order valence-electron chi connectivity index (χ2n) is 4.39. The van der Waals surface area contributed by atoms with Gasteiger partial charge in [-0.3, -0.25) is 9.59 Å². The van der Waals surface area contributed by atoms with Crippen molar-refractivity contribution in [2.45, 2.75) is 13.3 Å². The lowest BCUT2D eigenvalue weighted by atomic mass is 10.2. The van der Waals surface area contributed by atoms with E-state index in [4.69, 9.17) is 0 Å². The molecule has 0 radical (unpaired) electrons. The average Bonchev–Trinajstić information content (AvgIpc) is 2.63. The lowest BCUT2D eigenvalue weighted by molar-refractivity contribution is -0.121. The zero-order valence-electron chi connectivity index (χ0n) is 11.0. The SMILES string of the molecule is CCNc1cc(C(=O)N2CCCNC(=O)C2)ccn1. The molecular formula is C13H18N4O2. The predicted molar refractivity (Wildman–Crippen MR) is 71.9 cm³/mol. The Labute approximate surface area is 112 Å². The van der Waals surface area contributed by atoms with Crippen molar-refractivity contribution in [1.29, 1.82) is 0 Å². The van der Waals surface area contributed by atoms with Gasteiger partial charge in [0, 0.05) is 31.4 Å². The maximum Gasteiger partial charge on any atom is 0.254 e. The number of anilines is 1. The fourth-order valence-corrected chi connectivity index (χ4v) is 2.00. The second-order valence-corrected chi connectivity index (χ2v) is 4.39. The molecule has 1 aliphatic heterocycles. The minimum absolute atomic E-state index is 0.105. The molecule has 1 fully saturated rings. The number of hydrogen-bond donors (Lipinski definition) is 2. The third kappa shape index (κ3) is 3.43. The summed E-state index contributed by atoms with van der Waals surface area (Å²) in [6.07, 6.45) is 2.38. The molecule has 0 bridgehead atoms. The minimum Gasteiger partial charge on any atom is -0.370 e.